The molecule has 152 valence electrons. The summed E-state index contributed by atoms with van der Waals surface area (Å²) in [6.45, 7) is 3.08. The number of piperidine rings is 1. The third-order valence-electron chi connectivity index (χ3n) is 4.67. The molecule has 1 heterocycles. The van der Waals surface area contributed by atoms with E-state index in [2.05, 4.69) is 16.0 Å². The highest BCUT2D eigenvalue weighted by Crippen LogP contribution is 2.17. The highest BCUT2D eigenvalue weighted by molar-refractivity contribution is 5.98. The van der Waals surface area contributed by atoms with Crippen molar-refractivity contribution in [3.63, 3.8) is 0 Å². The van der Waals surface area contributed by atoms with Crippen LogP contribution in [0.5, 0.6) is 0 Å². The number of benzene rings is 2. The fourth-order valence-corrected chi connectivity index (χ4v) is 3.31. The van der Waals surface area contributed by atoms with Gasteiger partial charge in [0.1, 0.15) is 0 Å². The van der Waals surface area contributed by atoms with Crippen molar-refractivity contribution < 1.29 is 14.4 Å². The first-order chi connectivity index (χ1) is 14.0. The summed E-state index contributed by atoms with van der Waals surface area (Å²) in [5.74, 6) is -0.370. The number of hydrogen-bond donors (Lipinski definition) is 3. The number of nitrogens with one attached hydrogen (secondary N) is 3. The second-order valence-corrected chi connectivity index (χ2v) is 7.10. The van der Waals surface area contributed by atoms with Crippen LogP contribution in [0.15, 0.2) is 48.5 Å². The maximum Gasteiger partial charge on any atom is 0.253 e. The lowest BCUT2D eigenvalue weighted by atomic mass is 10.1. The lowest BCUT2D eigenvalue weighted by molar-refractivity contribution is -0.115. The zero-order valence-electron chi connectivity index (χ0n) is 16.5. The first-order valence-electron chi connectivity index (χ1n) is 9.82. The lowest BCUT2D eigenvalue weighted by Gasteiger charge is -2.26. The van der Waals surface area contributed by atoms with Gasteiger partial charge in [-0.25, -0.2) is 0 Å². The Morgan fingerprint density at radius 1 is 0.862 bits per heavy atom. The lowest BCUT2D eigenvalue weighted by Crippen LogP contribution is -2.35. The molecule has 1 aliphatic heterocycles. The number of rotatable bonds is 6. The van der Waals surface area contributed by atoms with E-state index in [0.29, 0.717) is 16.9 Å². The average molecular weight is 394 g/mol. The summed E-state index contributed by atoms with van der Waals surface area (Å²) in [5.41, 5.74) is 2.56. The maximum absolute atomic E-state index is 12.6. The van der Waals surface area contributed by atoms with Gasteiger partial charge in [-0.2, -0.15) is 0 Å². The average Bonchev–Trinajstić information content (AvgIpc) is 2.72. The van der Waals surface area contributed by atoms with Crippen molar-refractivity contribution >= 4 is 34.8 Å². The van der Waals surface area contributed by atoms with Gasteiger partial charge in [-0.15, -0.1) is 0 Å². The van der Waals surface area contributed by atoms with Crippen LogP contribution in [0, 0.1) is 0 Å². The smallest absolute Gasteiger partial charge is 0.253 e. The third kappa shape index (κ3) is 6.07. The minimum absolute atomic E-state index is 0.00807. The molecule has 1 fully saturated rings. The Morgan fingerprint density at radius 2 is 1.52 bits per heavy atom. The first kappa shape index (κ1) is 20.4. The van der Waals surface area contributed by atoms with Crippen molar-refractivity contribution in [2.75, 3.05) is 35.6 Å². The second-order valence-electron chi connectivity index (χ2n) is 7.10. The molecular weight excluding hydrogens is 368 g/mol. The Balaban J connectivity index is 1.55. The minimum atomic E-state index is -0.225. The summed E-state index contributed by atoms with van der Waals surface area (Å²) in [6, 6.07) is 14.2. The van der Waals surface area contributed by atoms with Crippen molar-refractivity contribution in [2.24, 2.45) is 0 Å². The summed E-state index contributed by atoms with van der Waals surface area (Å²) in [6.07, 6.45) is 3.24. The highest BCUT2D eigenvalue weighted by atomic mass is 16.2. The largest absolute Gasteiger partial charge is 0.376 e. The number of anilines is 3. The normalized spacial score (nSPS) is 13.5. The van der Waals surface area contributed by atoms with E-state index in [4.69, 9.17) is 0 Å². The molecule has 0 saturated carbocycles. The quantitative estimate of drug-likeness (QED) is 0.701. The standard InChI is InChI=1S/C22H26N4O3/c1-16(27)24-20-10-6-8-18(14-20)23-15-21(28)25-19-9-5-7-17(13-19)22(29)26-11-3-2-4-12-26/h5-10,13-14,23H,2-4,11-12,15H2,1H3,(H,24,27)(H,25,28). The molecule has 0 aliphatic carbocycles. The van der Waals surface area contributed by atoms with Crippen molar-refractivity contribution in [1.29, 1.82) is 0 Å². The molecule has 0 bridgehead atoms. The molecule has 0 atom stereocenters. The molecule has 1 aliphatic rings. The summed E-state index contributed by atoms with van der Waals surface area (Å²) in [4.78, 5) is 37.9. The Kier molecular flexibility index (Phi) is 6.84. The van der Waals surface area contributed by atoms with Crippen LogP contribution in [0.3, 0.4) is 0 Å². The molecular formula is C22H26N4O3. The van der Waals surface area contributed by atoms with E-state index in [1.807, 2.05) is 11.0 Å². The first-order valence-corrected chi connectivity index (χ1v) is 9.82. The van der Waals surface area contributed by atoms with Crippen LogP contribution in [0.1, 0.15) is 36.5 Å². The van der Waals surface area contributed by atoms with E-state index in [1.54, 1.807) is 42.5 Å². The van der Waals surface area contributed by atoms with Gasteiger partial charge < -0.3 is 20.9 Å². The Hall–Kier alpha value is -3.35. The molecule has 2 aromatic carbocycles. The molecule has 0 spiro atoms. The molecule has 0 radical (unpaired) electrons. The zero-order chi connectivity index (χ0) is 20.6. The van der Waals surface area contributed by atoms with Crippen LogP contribution < -0.4 is 16.0 Å². The third-order valence-corrected chi connectivity index (χ3v) is 4.67. The fraction of sp³-hybridized carbons (Fsp3) is 0.318. The van der Waals surface area contributed by atoms with Gasteiger partial charge in [0.05, 0.1) is 6.54 Å². The van der Waals surface area contributed by atoms with E-state index >= 15 is 0 Å². The maximum atomic E-state index is 12.6. The monoisotopic (exact) mass is 394 g/mol. The molecule has 3 amide bonds. The Bertz CT molecular complexity index is 891. The molecule has 0 unspecified atom stereocenters. The minimum Gasteiger partial charge on any atom is -0.376 e. The topological polar surface area (TPSA) is 90.5 Å². The molecule has 3 rings (SSSR count). The fourth-order valence-electron chi connectivity index (χ4n) is 3.31. The number of nitrogens with zero attached hydrogens (tertiary/aromatic N) is 1. The number of amides is 3. The number of hydrogen-bond acceptors (Lipinski definition) is 4. The van der Waals surface area contributed by atoms with Crippen molar-refractivity contribution in [1.82, 2.24) is 4.90 Å². The van der Waals surface area contributed by atoms with Crippen LogP contribution in [0.25, 0.3) is 0 Å². The molecule has 7 nitrogen and oxygen atoms in total. The predicted octanol–water partition coefficient (Wildman–Crippen LogP) is 3.32. The van der Waals surface area contributed by atoms with Gasteiger partial charge in [0, 0.05) is 42.6 Å². The van der Waals surface area contributed by atoms with Crippen molar-refractivity contribution in [3.8, 4) is 0 Å². The van der Waals surface area contributed by atoms with Gasteiger partial charge in [-0.1, -0.05) is 12.1 Å². The van der Waals surface area contributed by atoms with Gasteiger partial charge in [0.2, 0.25) is 11.8 Å². The van der Waals surface area contributed by atoms with Crippen LogP contribution in [0.2, 0.25) is 0 Å². The second kappa shape index (κ2) is 9.73. The number of carbonyl (C=O) groups excluding carboxylic acids is 3. The summed E-state index contributed by atoms with van der Waals surface area (Å²) in [7, 11) is 0. The van der Waals surface area contributed by atoms with E-state index in [-0.39, 0.29) is 24.3 Å². The van der Waals surface area contributed by atoms with Crippen molar-refractivity contribution in [3.05, 3.63) is 54.1 Å². The van der Waals surface area contributed by atoms with Gasteiger partial charge >= 0.3 is 0 Å². The number of carbonyl (C=O) groups is 3. The summed E-state index contributed by atoms with van der Waals surface area (Å²) < 4.78 is 0. The predicted molar refractivity (Wildman–Crippen MR) is 114 cm³/mol. The van der Waals surface area contributed by atoms with E-state index < -0.39 is 0 Å². The number of likely N-dealkylation sites (tertiary alicyclic amines) is 1. The molecule has 2 aromatic rings. The SMILES string of the molecule is CC(=O)Nc1cccc(NCC(=O)Nc2cccc(C(=O)N3CCCCC3)c2)c1. The van der Waals surface area contributed by atoms with Gasteiger partial charge in [-0.3, -0.25) is 14.4 Å². The van der Waals surface area contributed by atoms with Gasteiger partial charge in [-0.05, 0) is 55.7 Å². The van der Waals surface area contributed by atoms with E-state index in [9.17, 15) is 14.4 Å². The van der Waals surface area contributed by atoms with Crippen LogP contribution >= 0.6 is 0 Å². The highest BCUT2D eigenvalue weighted by Gasteiger charge is 2.18. The molecule has 3 N–H and O–H groups in total. The Labute approximate surface area is 170 Å². The van der Waals surface area contributed by atoms with Crippen LogP contribution in [0.4, 0.5) is 17.1 Å². The molecule has 0 aromatic heterocycles. The van der Waals surface area contributed by atoms with E-state index in [0.717, 1.165) is 31.6 Å². The van der Waals surface area contributed by atoms with E-state index in [1.165, 1.54) is 13.3 Å². The van der Waals surface area contributed by atoms with Crippen LogP contribution in [-0.4, -0.2) is 42.3 Å². The van der Waals surface area contributed by atoms with Gasteiger partial charge in [0.15, 0.2) is 0 Å². The molecule has 1 saturated heterocycles. The Morgan fingerprint density at radius 3 is 2.24 bits per heavy atom. The summed E-state index contributed by atoms with van der Waals surface area (Å²) in [5, 5.41) is 8.55. The zero-order valence-corrected chi connectivity index (χ0v) is 16.5. The van der Waals surface area contributed by atoms with Crippen LogP contribution in [-0.2, 0) is 9.59 Å². The summed E-state index contributed by atoms with van der Waals surface area (Å²) >= 11 is 0. The van der Waals surface area contributed by atoms with Gasteiger partial charge in [0.25, 0.3) is 5.91 Å². The molecule has 7 heteroatoms. The molecule has 29 heavy (non-hydrogen) atoms. The van der Waals surface area contributed by atoms with Crippen molar-refractivity contribution in [2.45, 2.75) is 26.2 Å².